The highest BCUT2D eigenvalue weighted by molar-refractivity contribution is 4.91. The number of hydrogen-bond acceptors (Lipinski definition) is 2. The predicted octanol–water partition coefficient (Wildman–Crippen LogP) is 1.24. The molecule has 0 aromatic carbocycles. The molecule has 2 aliphatic rings. The van der Waals surface area contributed by atoms with Gasteiger partial charge in [-0.15, -0.1) is 0 Å². The highest BCUT2D eigenvalue weighted by atomic mass is 15.2. The standard InChI is InChI=1S/C9H14N2/c10-4-5-11-6-8-2-1-3-9(8)7-11/h8-9H,1-3,5-7H2. The minimum atomic E-state index is 0.646. The molecule has 1 saturated carbocycles. The molecule has 1 heterocycles. The molecular formula is C9H14N2. The molecule has 0 amide bonds. The molecule has 1 aliphatic heterocycles. The summed E-state index contributed by atoms with van der Waals surface area (Å²) in [5.41, 5.74) is 0. The van der Waals surface area contributed by atoms with Gasteiger partial charge in [0.15, 0.2) is 0 Å². The second-order valence-electron chi connectivity index (χ2n) is 3.80. The van der Waals surface area contributed by atoms with Crippen LogP contribution in [0.3, 0.4) is 0 Å². The summed E-state index contributed by atoms with van der Waals surface area (Å²) >= 11 is 0. The van der Waals surface area contributed by atoms with Gasteiger partial charge in [0.05, 0.1) is 12.6 Å². The lowest BCUT2D eigenvalue weighted by molar-refractivity contribution is 0.347. The zero-order chi connectivity index (χ0) is 7.68. The van der Waals surface area contributed by atoms with Gasteiger partial charge in [0.1, 0.15) is 0 Å². The molecule has 11 heavy (non-hydrogen) atoms. The Morgan fingerprint density at radius 2 is 1.91 bits per heavy atom. The van der Waals surface area contributed by atoms with Crippen LogP contribution < -0.4 is 0 Å². The number of rotatable bonds is 1. The molecule has 2 unspecified atom stereocenters. The van der Waals surface area contributed by atoms with Gasteiger partial charge in [-0.05, 0) is 24.7 Å². The van der Waals surface area contributed by atoms with Crippen molar-refractivity contribution in [3.8, 4) is 6.07 Å². The van der Waals surface area contributed by atoms with Crippen molar-refractivity contribution in [2.75, 3.05) is 19.6 Å². The number of hydrogen-bond donors (Lipinski definition) is 0. The van der Waals surface area contributed by atoms with Gasteiger partial charge < -0.3 is 0 Å². The van der Waals surface area contributed by atoms with E-state index in [1.165, 1.54) is 32.4 Å². The Morgan fingerprint density at radius 3 is 2.45 bits per heavy atom. The van der Waals surface area contributed by atoms with Crippen molar-refractivity contribution in [1.29, 1.82) is 5.26 Å². The van der Waals surface area contributed by atoms with Crippen LogP contribution in [0.25, 0.3) is 0 Å². The van der Waals surface area contributed by atoms with E-state index in [0.29, 0.717) is 6.54 Å². The Labute approximate surface area is 67.8 Å². The normalized spacial score (nSPS) is 37.0. The van der Waals surface area contributed by atoms with Crippen LogP contribution in [0.1, 0.15) is 19.3 Å². The fraction of sp³-hybridized carbons (Fsp3) is 0.889. The summed E-state index contributed by atoms with van der Waals surface area (Å²) in [5, 5.41) is 8.50. The van der Waals surface area contributed by atoms with E-state index in [1.807, 2.05) is 0 Å². The Hall–Kier alpha value is -0.550. The molecule has 2 heteroatoms. The van der Waals surface area contributed by atoms with Gasteiger partial charge in [0.25, 0.3) is 0 Å². The van der Waals surface area contributed by atoms with Gasteiger partial charge in [-0.1, -0.05) is 6.42 Å². The molecule has 0 aromatic heterocycles. The summed E-state index contributed by atoms with van der Waals surface area (Å²) in [4.78, 5) is 2.30. The van der Waals surface area contributed by atoms with Crippen molar-refractivity contribution in [3.63, 3.8) is 0 Å². The van der Waals surface area contributed by atoms with Crippen LogP contribution in [-0.2, 0) is 0 Å². The second-order valence-corrected chi connectivity index (χ2v) is 3.80. The van der Waals surface area contributed by atoms with E-state index < -0.39 is 0 Å². The van der Waals surface area contributed by atoms with Gasteiger partial charge in [0.2, 0.25) is 0 Å². The number of fused-ring (bicyclic) bond motifs is 1. The fourth-order valence-electron chi connectivity index (χ4n) is 2.56. The zero-order valence-corrected chi connectivity index (χ0v) is 6.79. The van der Waals surface area contributed by atoms with E-state index in [9.17, 15) is 0 Å². The molecule has 1 aliphatic carbocycles. The second kappa shape index (κ2) is 2.83. The lowest BCUT2D eigenvalue weighted by Gasteiger charge is -2.10. The first-order valence-electron chi connectivity index (χ1n) is 4.49. The summed E-state index contributed by atoms with van der Waals surface area (Å²) < 4.78 is 0. The summed E-state index contributed by atoms with van der Waals surface area (Å²) in [6.45, 7) is 3.03. The van der Waals surface area contributed by atoms with E-state index in [2.05, 4.69) is 11.0 Å². The highest BCUT2D eigenvalue weighted by Crippen LogP contribution is 2.37. The summed E-state index contributed by atoms with van der Waals surface area (Å²) in [5.74, 6) is 1.87. The predicted molar refractivity (Wildman–Crippen MR) is 42.9 cm³/mol. The number of likely N-dealkylation sites (tertiary alicyclic amines) is 1. The monoisotopic (exact) mass is 150 g/mol. The van der Waals surface area contributed by atoms with Crippen molar-refractivity contribution in [3.05, 3.63) is 0 Å². The molecule has 0 radical (unpaired) electrons. The molecule has 2 fully saturated rings. The third-order valence-electron chi connectivity index (χ3n) is 3.10. The van der Waals surface area contributed by atoms with Crippen LogP contribution in [0.4, 0.5) is 0 Å². The Kier molecular flexibility index (Phi) is 1.83. The maximum absolute atomic E-state index is 8.50. The van der Waals surface area contributed by atoms with Crippen LogP contribution >= 0.6 is 0 Å². The van der Waals surface area contributed by atoms with Crippen LogP contribution in [0.5, 0.6) is 0 Å². The molecule has 0 N–H and O–H groups in total. The minimum Gasteiger partial charge on any atom is -0.290 e. The molecule has 2 nitrogen and oxygen atoms in total. The van der Waals surface area contributed by atoms with Gasteiger partial charge in [-0.25, -0.2) is 0 Å². The summed E-state index contributed by atoms with van der Waals surface area (Å²) in [6.07, 6.45) is 4.24. The van der Waals surface area contributed by atoms with Crippen LogP contribution in [0.2, 0.25) is 0 Å². The lowest BCUT2D eigenvalue weighted by atomic mass is 10.0. The van der Waals surface area contributed by atoms with Crippen LogP contribution in [0, 0.1) is 23.2 Å². The highest BCUT2D eigenvalue weighted by Gasteiger charge is 2.35. The van der Waals surface area contributed by atoms with E-state index in [-0.39, 0.29) is 0 Å². The van der Waals surface area contributed by atoms with Crippen molar-refractivity contribution < 1.29 is 0 Å². The first-order valence-corrected chi connectivity index (χ1v) is 4.49. The SMILES string of the molecule is N#CCN1CC2CCCC2C1. The van der Waals surface area contributed by atoms with Crippen molar-refractivity contribution in [2.24, 2.45) is 11.8 Å². The van der Waals surface area contributed by atoms with Gasteiger partial charge in [0, 0.05) is 13.1 Å². The van der Waals surface area contributed by atoms with Gasteiger partial charge >= 0.3 is 0 Å². The van der Waals surface area contributed by atoms with Gasteiger partial charge in [-0.2, -0.15) is 5.26 Å². The Bertz CT molecular complexity index is 170. The van der Waals surface area contributed by atoms with Gasteiger partial charge in [-0.3, -0.25) is 4.90 Å². The number of nitrogens with zero attached hydrogens (tertiary/aromatic N) is 2. The van der Waals surface area contributed by atoms with E-state index >= 15 is 0 Å². The first kappa shape index (κ1) is 7.12. The summed E-state index contributed by atoms with van der Waals surface area (Å²) in [6, 6.07) is 2.22. The van der Waals surface area contributed by atoms with E-state index in [0.717, 1.165) is 11.8 Å². The van der Waals surface area contributed by atoms with Crippen molar-refractivity contribution in [2.45, 2.75) is 19.3 Å². The van der Waals surface area contributed by atoms with Crippen molar-refractivity contribution in [1.82, 2.24) is 4.90 Å². The average molecular weight is 150 g/mol. The average Bonchev–Trinajstić information content (AvgIpc) is 2.46. The molecule has 2 atom stereocenters. The Balaban J connectivity index is 1.90. The molecule has 60 valence electrons. The largest absolute Gasteiger partial charge is 0.290 e. The third-order valence-corrected chi connectivity index (χ3v) is 3.10. The summed E-state index contributed by atoms with van der Waals surface area (Å²) in [7, 11) is 0. The molecule has 1 saturated heterocycles. The maximum atomic E-state index is 8.50. The third kappa shape index (κ3) is 1.25. The molecule has 0 spiro atoms. The van der Waals surface area contributed by atoms with E-state index in [1.54, 1.807) is 0 Å². The van der Waals surface area contributed by atoms with Crippen LogP contribution in [0.15, 0.2) is 0 Å². The topological polar surface area (TPSA) is 27.0 Å². The fourth-order valence-corrected chi connectivity index (χ4v) is 2.56. The maximum Gasteiger partial charge on any atom is 0.0866 e. The smallest absolute Gasteiger partial charge is 0.0866 e. The zero-order valence-electron chi connectivity index (χ0n) is 6.79. The lowest BCUT2D eigenvalue weighted by Crippen LogP contribution is -2.21. The Morgan fingerprint density at radius 1 is 1.27 bits per heavy atom. The van der Waals surface area contributed by atoms with Crippen LogP contribution in [-0.4, -0.2) is 24.5 Å². The minimum absolute atomic E-state index is 0.646. The molecule has 0 aromatic rings. The quantitative estimate of drug-likeness (QED) is 0.526. The number of nitriles is 1. The van der Waals surface area contributed by atoms with Crippen molar-refractivity contribution >= 4 is 0 Å². The first-order chi connectivity index (χ1) is 5.40. The molecule has 0 bridgehead atoms. The molecular weight excluding hydrogens is 136 g/mol. The van der Waals surface area contributed by atoms with E-state index in [4.69, 9.17) is 5.26 Å². The molecule has 2 rings (SSSR count).